The summed E-state index contributed by atoms with van der Waals surface area (Å²) in [5.74, 6) is 0.572. The van der Waals surface area contributed by atoms with Gasteiger partial charge in [-0.1, -0.05) is 30.3 Å². The van der Waals surface area contributed by atoms with Crippen molar-refractivity contribution in [3.63, 3.8) is 0 Å². The Labute approximate surface area is 174 Å². The number of aliphatic hydroxyl groups excluding tert-OH is 1. The molecule has 1 aromatic heterocycles. The third-order valence-electron chi connectivity index (χ3n) is 4.25. The van der Waals surface area contributed by atoms with Crippen molar-refractivity contribution in [1.29, 1.82) is 0 Å². The molecule has 5 N–H and O–H groups in total. The van der Waals surface area contributed by atoms with E-state index in [-0.39, 0.29) is 4.90 Å². The van der Waals surface area contributed by atoms with Crippen molar-refractivity contribution in [3.05, 3.63) is 65.0 Å². The summed E-state index contributed by atoms with van der Waals surface area (Å²) in [7, 11) is -3.70. The summed E-state index contributed by atoms with van der Waals surface area (Å²) in [6.45, 7) is 3.32. The lowest BCUT2D eigenvalue weighted by molar-refractivity contribution is 0.184. The molecular weight excluding hydrogens is 408 g/mol. The monoisotopic (exact) mass is 432 g/mol. The first-order valence-corrected chi connectivity index (χ1v) is 11.5. The van der Waals surface area contributed by atoms with E-state index >= 15 is 0 Å². The molecule has 29 heavy (non-hydrogen) atoms. The molecule has 1 unspecified atom stereocenters. The minimum absolute atomic E-state index is 0.0710. The summed E-state index contributed by atoms with van der Waals surface area (Å²) in [5.41, 5.74) is 0.847. The largest absolute Gasteiger partial charge is 0.386 e. The highest BCUT2D eigenvalue weighted by Crippen LogP contribution is 2.29. The second kappa shape index (κ2) is 9.36. The molecule has 0 amide bonds. The topological polar surface area (TPSA) is 117 Å². The Kier molecular flexibility index (Phi) is 6.86. The standard InChI is InChI=1S/C20H24N4O3S2/c1-2-22-20(23-12-14-7-9-16(10-8-14)29(21,26)27)24-13-17(25)19-11-15-5-3-4-6-18(15)28-19/h3-11,17,25H,2,12-13H2,1H3,(H2,21,26,27)(H2,22,23,24). The summed E-state index contributed by atoms with van der Waals surface area (Å²) in [4.78, 5) is 5.46. The number of sulfonamides is 1. The number of aliphatic imine (C=N–C) groups is 1. The highest BCUT2D eigenvalue weighted by atomic mass is 32.2. The van der Waals surface area contributed by atoms with Crippen LogP contribution in [0.3, 0.4) is 0 Å². The Hall–Kier alpha value is -2.46. The van der Waals surface area contributed by atoms with Gasteiger partial charge in [0.1, 0.15) is 6.10 Å². The number of hydrogen-bond acceptors (Lipinski definition) is 5. The van der Waals surface area contributed by atoms with Gasteiger partial charge in [0.05, 0.1) is 11.4 Å². The van der Waals surface area contributed by atoms with Crippen LogP contribution in [0.2, 0.25) is 0 Å². The van der Waals surface area contributed by atoms with Crippen molar-refractivity contribution < 1.29 is 13.5 Å². The van der Waals surface area contributed by atoms with E-state index < -0.39 is 16.1 Å². The molecule has 154 valence electrons. The van der Waals surface area contributed by atoms with Gasteiger partial charge in [-0.2, -0.15) is 0 Å². The van der Waals surface area contributed by atoms with E-state index in [0.717, 1.165) is 20.5 Å². The fraction of sp³-hybridized carbons (Fsp3) is 0.250. The fourth-order valence-corrected chi connectivity index (χ4v) is 4.32. The summed E-state index contributed by atoms with van der Waals surface area (Å²) >= 11 is 1.57. The molecule has 0 aliphatic carbocycles. The smallest absolute Gasteiger partial charge is 0.238 e. The summed E-state index contributed by atoms with van der Waals surface area (Å²) in [6, 6.07) is 16.3. The second-order valence-electron chi connectivity index (χ2n) is 6.47. The lowest BCUT2D eigenvalue weighted by Gasteiger charge is -2.14. The van der Waals surface area contributed by atoms with Crippen LogP contribution in [0.4, 0.5) is 0 Å². The lowest BCUT2D eigenvalue weighted by atomic mass is 10.2. The Morgan fingerprint density at radius 2 is 1.90 bits per heavy atom. The summed E-state index contributed by atoms with van der Waals surface area (Å²) in [5, 5.41) is 23.0. The number of nitrogens with one attached hydrogen (secondary N) is 2. The van der Waals surface area contributed by atoms with Gasteiger partial charge in [-0.25, -0.2) is 18.5 Å². The van der Waals surface area contributed by atoms with Crippen LogP contribution in [0.5, 0.6) is 0 Å². The van der Waals surface area contributed by atoms with Crippen molar-refractivity contribution in [1.82, 2.24) is 10.6 Å². The van der Waals surface area contributed by atoms with Gasteiger partial charge in [-0.05, 0) is 42.1 Å². The van der Waals surface area contributed by atoms with Crippen LogP contribution in [0, 0.1) is 0 Å². The molecule has 0 aliphatic rings. The second-order valence-corrected chi connectivity index (χ2v) is 9.14. The van der Waals surface area contributed by atoms with Gasteiger partial charge < -0.3 is 15.7 Å². The van der Waals surface area contributed by atoms with Gasteiger partial charge in [0.2, 0.25) is 10.0 Å². The molecule has 9 heteroatoms. The maximum atomic E-state index is 11.3. The van der Waals surface area contributed by atoms with Crippen LogP contribution in [0.15, 0.2) is 64.5 Å². The van der Waals surface area contributed by atoms with Gasteiger partial charge in [-0.15, -0.1) is 11.3 Å². The van der Waals surface area contributed by atoms with E-state index in [1.807, 2.05) is 37.3 Å². The zero-order valence-electron chi connectivity index (χ0n) is 16.0. The minimum atomic E-state index is -3.70. The average molecular weight is 433 g/mol. The zero-order valence-corrected chi connectivity index (χ0v) is 17.6. The molecule has 0 saturated carbocycles. The van der Waals surface area contributed by atoms with Crippen molar-refractivity contribution in [2.75, 3.05) is 13.1 Å². The maximum Gasteiger partial charge on any atom is 0.238 e. The van der Waals surface area contributed by atoms with Crippen LogP contribution in [0.25, 0.3) is 10.1 Å². The summed E-state index contributed by atoms with van der Waals surface area (Å²) < 4.78 is 23.8. The number of benzene rings is 2. The van der Waals surface area contributed by atoms with Crippen molar-refractivity contribution in [2.45, 2.75) is 24.5 Å². The number of rotatable bonds is 7. The minimum Gasteiger partial charge on any atom is -0.386 e. The van der Waals surface area contributed by atoms with Crippen LogP contribution >= 0.6 is 11.3 Å². The number of guanidine groups is 1. The molecule has 3 aromatic rings. The number of nitrogens with two attached hydrogens (primary N) is 1. The van der Waals surface area contributed by atoms with E-state index in [0.29, 0.717) is 25.6 Å². The van der Waals surface area contributed by atoms with Crippen molar-refractivity contribution >= 4 is 37.4 Å². The normalized spacial score (nSPS) is 13.4. The molecule has 0 bridgehead atoms. The van der Waals surface area contributed by atoms with Crippen LogP contribution in [-0.4, -0.2) is 32.6 Å². The third kappa shape index (κ3) is 5.77. The quantitative estimate of drug-likeness (QED) is 0.338. The van der Waals surface area contributed by atoms with Gasteiger partial charge in [0.15, 0.2) is 5.96 Å². The van der Waals surface area contributed by atoms with E-state index in [9.17, 15) is 13.5 Å². The zero-order chi connectivity index (χ0) is 20.9. The number of thiophene rings is 1. The third-order valence-corrected chi connectivity index (χ3v) is 6.40. The van der Waals surface area contributed by atoms with Gasteiger partial charge >= 0.3 is 0 Å². The highest BCUT2D eigenvalue weighted by molar-refractivity contribution is 7.89. The molecule has 1 atom stereocenters. The van der Waals surface area contributed by atoms with Gasteiger partial charge in [0.25, 0.3) is 0 Å². The highest BCUT2D eigenvalue weighted by Gasteiger charge is 2.12. The number of aliphatic hydroxyl groups is 1. The predicted octanol–water partition coefficient (Wildman–Crippen LogP) is 2.34. The van der Waals surface area contributed by atoms with Gasteiger partial charge in [-0.3, -0.25) is 0 Å². The van der Waals surface area contributed by atoms with E-state index in [2.05, 4.69) is 15.6 Å². The number of nitrogens with zero attached hydrogens (tertiary/aromatic N) is 1. The molecule has 3 rings (SSSR count). The fourth-order valence-electron chi connectivity index (χ4n) is 2.76. The average Bonchev–Trinajstić information content (AvgIpc) is 3.14. The Balaban J connectivity index is 1.62. The van der Waals surface area contributed by atoms with Crippen molar-refractivity contribution in [2.24, 2.45) is 10.1 Å². The molecule has 0 saturated heterocycles. The van der Waals surface area contributed by atoms with Crippen molar-refractivity contribution in [3.8, 4) is 0 Å². The van der Waals surface area contributed by atoms with Crippen LogP contribution in [0.1, 0.15) is 23.5 Å². The Morgan fingerprint density at radius 1 is 1.17 bits per heavy atom. The number of hydrogen-bond donors (Lipinski definition) is 4. The molecule has 0 spiro atoms. The molecule has 0 aliphatic heterocycles. The molecule has 1 heterocycles. The molecule has 0 radical (unpaired) electrons. The van der Waals surface area contributed by atoms with Crippen LogP contribution in [-0.2, 0) is 16.6 Å². The Morgan fingerprint density at radius 3 is 2.55 bits per heavy atom. The first-order valence-electron chi connectivity index (χ1n) is 9.17. The lowest BCUT2D eigenvalue weighted by Crippen LogP contribution is -2.39. The maximum absolute atomic E-state index is 11.3. The SMILES string of the molecule is CCNC(=NCc1ccc(S(N)(=O)=O)cc1)NCC(O)c1cc2ccccc2s1. The Bertz CT molecular complexity index is 1060. The van der Waals surface area contributed by atoms with E-state index in [1.54, 1.807) is 23.5 Å². The first-order chi connectivity index (χ1) is 13.9. The number of primary sulfonamides is 1. The molecule has 7 nitrogen and oxygen atoms in total. The van der Waals surface area contributed by atoms with Gasteiger partial charge in [0, 0.05) is 22.7 Å². The number of fused-ring (bicyclic) bond motifs is 1. The molecule has 0 fully saturated rings. The molecule has 2 aromatic carbocycles. The summed E-state index contributed by atoms with van der Waals surface area (Å²) in [6.07, 6.45) is -0.648. The predicted molar refractivity (Wildman–Crippen MR) is 117 cm³/mol. The van der Waals surface area contributed by atoms with E-state index in [4.69, 9.17) is 5.14 Å². The van der Waals surface area contributed by atoms with E-state index in [1.165, 1.54) is 12.1 Å². The first kappa shape index (κ1) is 21.3. The van der Waals surface area contributed by atoms with Crippen LogP contribution < -0.4 is 15.8 Å². The molecular formula is C20H24N4O3S2.